The van der Waals surface area contributed by atoms with Crippen LogP contribution in [0.5, 0.6) is 0 Å². The summed E-state index contributed by atoms with van der Waals surface area (Å²) >= 11 is 0. The van der Waals surface area contributed by atoms with Gasteiger partial charge >= 0.3 is 0 Å². The lowest BCUT2D eigenvalue weighted by atomic mass is 10.1. The van der Waals surface area contributed by atoms with Gasteiger partial charge < -0.3 is 10.2 Å². The molecule has 1 N–H and O–H groups in total. The Balaban J connectivity index is 1.99. The highest BCUT2D eigenvalue weighted by molar-refractivity contribution is 5.96. The van der Waals surface area contributed by atoms with Gasteiger partial charge in [0.05, 0.1) is 11.4 Å². The van der Waals surface area contributed by atoms with E-state index in [1.165, 1.54) is 24.9 Å². The molecule has 0 aromatic heterocycles. The van der Waals surface area contributed by atoms with Crippen molar-refractivity contribution in [3.8, 4) is 0 Å². The van der Waals surface area contributed by atoms with Crippen LogP contribution in [0.1, 0.15) is 36.5 Å². The van der Waals surface area contributed by atoms with Crippen molar-refractivity contribution in [3.05, 3.63) is 23.8 Å². The van der Waals surface area contributed by atoms with Crippen LogP contribution < -0.4 is 10.2 Å². The van der Waals surface area contributed by atoms with E-state index in [2.05, 4.69) is 16.3 Å². The molecule has 90 valence electrons. The fourth-order valence-corrected chi connectivity index (χ4v) is 2.51. The molecule has 1 aromatic rings. The third kappa shape index (κ3) is 2.02. The number of hydrogen-bond acceptors (Lipinski definition) is 3. The molecule has 1 heterocycles. The molecule has 3 nitrogen and oxygen atoms in total. The van der Waals surface area contributed by atoms with Crippen molar-refractivity contribution < 1.29 is 4.79 Å². The summed E-state index contributed by atoms with van der Waals surface area (Å²) in [5.74, 6) is 0.136. The van der Waals surface area contributed by atoms with E-state index in [0.29, 0.717) is 0 Å². The van der Waals surface area contributed by atoms with Crippen molar-refractivity contribution in [1.29, 1.82) is 0 Å². The van der Waals surface area contributed by atoms with E-state index in [4.69, 9.17) is 0 Å². The largest absolute Gasteiger partial charge is 0.383 e. The van der Waals surface area contributed by atoms with Gasteiger partial charge in [0.25, 0.3) is 0 Å². The molecule has 1 aromatic carbocycles. The number of carbonyl (C=O) groups excluding carboxylic acids is 1. The maximum Gasteiger partial charge on any atom is 0.159 e. The van der Waals surface area contributed by atoms with Gasteiger partial charge in [-0.15, -0.1) is 0 Å². The number of benzene rings is 1. The molecule has 1 fully saturated rings. The number of nitrogens with one attached hydrogen (secondary N) is 1. The van der Waals surface area contributed by atoms with Crippen LogP contribution in [-0.2, 0) is 0 Å². The molecular formula is C14H18N2O. The monoisotopic (exact) mass is 230 g/mol. The molecule has 0 amide bonds. The number of carbonyl (C=O) groups is 1. The molecule has 17 heavy (non-hydrogen) atoms. The first-order valence-electron chi connectivity index (χ1n) is 6.41. The second-order valence-electron chi connectivity index (χ2n) is 4.99. The lowest BCUT2D eigenvalue weighted by Crippen LogP contribution is -2.26. The summed E-state index contributed by atoms with van der Waals surface area (Å²) in [6, 6.07) is 6.78. The normalized spacial score (nSPS) is 19.2. The molecule has 0 bridgehead atoms. The average molecular weight is 230 g/mol. The summed E-state index contributed by atoms with van der Waals surface area (Å²) in [6.07, 6.45) is 3.79. The molecule has 2 aliphatic rings. The van der Waals surface area contributed by atoms with E-state index in [0.717, 1.165) is 30.4 Å². The van der Waals surface area contributed by atoms with Crippen LogP contribution in [0.2, 0.25) is 0 Å². The van der Waals surface area contributed by atoms with Gasteiger partial charge in [0.1, 0.15) is 0 Å². The molecule has 0 atom stereocenters. The summed E-state index contributed by atoms with van der Waals surface area (Å²) < 4.78 is 0. The van der Waals surface area contributed by atoms with Crippen molar-refractivity contribution in [3.63, 3.8) is 0 Å². The van der Waals surface area contributed by atoms with Crippen LogP contribution in [0.3, 0.4) is 0 Å². The second-order valence-corrected chi connectivity index (χ2v) is 4.99. The molecule has 0 radical (unpaired) electrons. The van der Waals surface area contributed by atoms with Gasteiger partial charge in [-0.05, 0) is 44.4 Å². The van der Waals surface area contributed by atoms with Gasteiger partial charge in [-0.1, -0.05) is 0 Å². The Hall–Kier alpha value is -1.51. The minimum Gasteiger partial charge on any atom is -0.383 e. The second kappa shape index (κ2) is 4.06. The summed E-state index contributed by atoms with van der Waals surface area (Å²) in [7, 11) is 0. The molecule has 1 aliphatic carbocycles. The smallest absolute Gasteiger partial charge is 0.159 e. The van der Waals surface area contributed by atoms with E-state index in [1.807, 2.05) is 12.1 Å². The maximum absolute atomic E-state index is 11.4. The van der Waals surface area contributed by atoms with Gasteiger partial charge in [-0.2, -0.15) is 0 Å². The van der Waals surface area contributed by atoms with Gasteiger partial charge in [-0.3, -0.25) is 4.79 Å². The van der Waals surface area contributed by atoms with E-state index in [9.17, 15) is 4.79 Å². The van der Waals surface area contributed by atoms with Crippen LogP contribution >= 0.6 is 0 Å². The van der Waals surface area contributed by atoms with Crippen LogP contribution in [0.4, 0.5) is 11.4 Å². The van der Waals surface area contributed by atoms with Crippen LogP contribution in [0.15, 0.2) is 18.2 Å². The summed E-state index contributed by atoms with van der Waals surface area (Å²) in [4.78, 5) is 13.9. The van der Waals surface area contributed by atoms with Crippen molar-refractivity contribution in [2.75, 3.05) is 23.3 Å². The molecular weight excluding hydrogens is 212 g/mol. The molecule has 3 rings (SSSR count). The fourth-order valence-electron chi connectivity index (χ4n) is 2.51. The molecule has 0 saturated heterocycles. The van der Waals surface area contributed by atoms with Gasteiger partial charge in [0.2, 0.25) is 0 Å². The number of anilines is 2. The molecule has 1 saturated carbocycles. The Morgan fingerprint density at radius 3 is 2.94 bits per heavy atom. The van der Waals surface area contributed by atoms with Gasteiger partial charge in [-0.25, -0.2) is 0 Å². The van der Waals surface area contributed by atoms with Crippen molar-refractivity contribution in [2.45, 2.75) is 32.2 Å². The number of nitrogens with zero attached hydrogens (tertiary/aromatic N) is 1. The number of ketones is 1. The Morgan fingerprint density at radius 2 is 2.24 bits per heavy atom. The first-order valence-corrected chi connectivity index (χ1v) is 6.41. The molecule has 1 aliphatic heterocycles. The third-order valence-corrected chi connectivity index (χ3v) is 3.59. The predicted octanol–water partition coefficient (Wildman–Crippen LogP) is 2.67. The quantitative estimate of drug-likeness (QED) is 0.793. The van der Waals surface area contributed by atoms with E-state index in [-0.39, 0.29) is 5.78 Å². The zero-order valence-electron chi connectivity index (χ0n) is 10.2. The highest BCUT2D eigenvalue weighted by Crippen LogP contribution is 2.37. The van der Waals surface area contributed by atoms with Gasteiger partial charge in [0, 0.05) is 24.7 Å². The van der Waals surface area contributed by atoms with E-state index < -0.39 is 0 Å². The minimum absolute atomic E-state index is 0.136. The topological polar surface area (TPSA) is 32.3 Å². The summed E-state index contributed by atoms with van der Waals surface area (Å²) in [6.45, 7) is 3.75. The third-order valence-electron chi connectivity index (χ3n) is 3.59. The van der Waals surface area contributed by atoms with E-state index >= 15 is 0 Å². The zero-order chi connectivity index (χ0) is 11.8. The Kier molecular flexibility index (Phi) is 2.54. The predicted molar refractivity (Wildman–Crippen MR) is 69.9 cm³/mol. The van der Waals surface area contributed by atoms with Crippen LogP contribution in [0.25, 0.3) is 0 Å². The van der Waals surface area contributed by atoms with Crippen molar-refractivity contribution in [1.82, 2.24) is 0 Å². The Labute approximate surface area is 102 Å². The SMILES string of the molecule is CC(=O)c1ccc2c(c1)NCCCN2C1CC1. The zero-order valence-corrected chi connectivity index (χ0v) is 10.2. The van der Waals surface area contributed by atoms with Crippen LogP contribution in [0, 0.1) is 0 Å². The molecule has 0 spiro atoms. The Bertz CT molecular complexity index is 452. The lowest BCUT2D eigenvalue weighted by molar-refractivity contribution is 0.101. The molecule has 3 heteroatoms. The molecule has 0 unspecified atom stereocenters. The average Bonchev–Trinajstić information content (AvgIpc) is 3.13. The standard InChI is InChI=1S/C14H18N2O/c1-10(17)11-3-6-14-13(9-11)15-7-2-8-16(14)12-4-5-12/h3,6,9,12,15H,2,4-5,7-8H2,1H3. The summed E-state index contributed by atoms with van der Waals surface area (Å²) in [5.41, 5.74) is 3.20. The number of Topliss-reactive ketones (excluding diaryl/α,β-unsaturated/α-hetero) is 1. The fraction of sp³-hybridized carbons (Fsp3) is 0.500. The number of hydrogen-bond donors (Lipinski definition) is 1. The van der Waals surface area contributed by atoms with E-state index in [1.54, 1.807) is 6.92 Å². The highest BCUT2D eigenvalue weighted by Gasteiger charge is 2.31. The highest BCUT2D eigenvalue weighted by atomic mass is 16.1. The van der Waals surface area contributed by atoms with Crippen molar-refractivity contribution >= 4 is 17.2 Å². The lowest BCUT2D eigenvalue weighted by Gasteiger charge is -2.24. The Morgan fingerprint density at radius 1 is 1.41 bits per heavy atom. The number of rotatable bonds is 2. The van der Waals surface area contributed by atoms with Crippen LogP contribution in [-0.4, -0.2) is 24.9 Å². The number of fused-ring (bicyclic) bond motifs is 1. The maximum atomic E-state index is 11.4. The summed E-state index contributed by atoms with van der Waals surface area (Å²) in [5, 5.41) is 3.44. The minimum atomic E-state index is 0.136. The first kappa shape index (κ1) is 10.6. The van der Waals surface area contributed by atoms with Gasteiger partial charge in [0.15, 0.2) is 5.78 Å². The first-order chi connectivity index (χ1) is 8.25. The van der Waals surface area contributed by atoms with Crippen molar-refractivity contribution in [2.24, 2.45) is 0 Å².